The van der Waals surface area contributed by atoms with Gasteiger partial charge in [-0.1, -0.05) is 0 Å². The summed E-state index contributed by atoms with van der Waals surface area (Å²) in [6.45, 7) is 9.78. The Balaban J connectivity index is 2.14. The lowest BCUT2D eigenvalue weighted by atomic mass is 9.81. The number of rotatable bonds is 4. The number of guanidine groups is 1. The SMILES string of the molecule is CCOC(=O)c1ccc(NC(N)=NC)cc1C1(C)CCc2c(C)c(O)c(C)c(C)c2O1. The van der Waals surface area contributed by atoms with Crippen molar-refractivity contribution in [3.05, 3.63) is 51.6 Å². The number of hydrogen-bond donors (Lipinski definition) is 3. The van der Waals surface area contributed by atoms with Crippen LogP contribution in [0.5, 0.6) is 11.5 Å². The second-order valence-corrected chi connectivity index (χ2v) is 8.08. The van der Waals surface area contributed by atoms with Gasteiger partial charge in [0.15, 0.2) is 5.96 Å². The third kappa shape index (κ3) is 4.04. The van der Waals surface area contributed by atoms with Crippen LogP contribution in [0.4, 0.5) is 5.69 Å². The van der Waals surface area contributed by atoms with Crippen LogP contribution in [0, 0.1) is 20.8 Å². The van der Waals surface area contributed by atoms with Crippen molar-refractivity contribution in [2.24, 2.45) is 10.7 Å². The van der Waals surface area contributed by atoms with Crippen LogP contribution < -0.4 is 15.8 Å². The Morgan fingerprint density at radius 2 is 2.00 bits per heavy atom. The Bertz CT molecular complexity index is 1060. The first-order chi connectivity index (χ1) is 14.6. The number of phenolic OH excluding ortho intramolecular Hbond substituents is 1. The second kappa shape index (κ2) is 8.49. The van der Waals surface area contributed by atoms with Gasteiger partial charge in [0.05, 0.1) is 12.2 Å². The van der Waals surface area contributed by atoms with Crippen LogP contribution in [0.2, 0.25) is 0 Å². The normalized spacial score (nSPS) is 18.2. The highest BCUT2D eigenvalue weighted by molar-refractivity contribution is 5.95. The molecule has 166 valence electrons. The van der Waals surface area contributed by atoms with Crippen LogP contribution in [-0.4, -0.2) is 30.7 Å². The molecule has 0 saturated carbocycles. The van der Waals surface area contributed by atoms with Crippen LogP contribution in [0.3, 0.4) is 0 Å². The predicted octanol–water partition coefficient (Wildman–Crippen LogP) is 4.09. The summed E-state index contributed by atoms with van der Waals surface area (Å²) in [4.78, 5) is 16.7. The molecule has 1 aliphatic rings. The zero-order chi connectivity index (χ0) is 22.9. The molecule has 4 N–H and O–H groups in total. The summed E-state index contributed by atoms with van der Waals surface area (Å²) in [5.41, 5.74) is 10.5. The summed E-state index contributed by atoms with van der Waals surface area (Å²) in [6.07, 6.45) is 1.35. The van der Waals surface area contributed by atoms with E-state index in [0.29, 0.717) is 35.4 Å². The van der Waals surface area contributed by atoms with E-state index in [9.17, 15) is 9.90 Å². The number of nitrogens with one attached hydrogen (secondary N) is 1. The number of nitrogens with zero attached hydrogens (tertiary/aromatic N) is 1. The molecule has 0 amide bonds. The van der Waals surface area contributed by atoms with Gasteiger partial charge in [0.1, 0.15) is 17.1 Å². The van der Waals surface area contributed by atoms with Crippen molar-refractivity contribution in [2.75, 3.05) is 19.0 Å². The minimum atomic E-state index is -0.772. The number of benzene rings is 2. The molecule has 3 rings (SSSR count). The number of fused-ring (bicyclic) bond motifs is 1. The first kappa shape index (κ1) is 22.5. The number of nitrogens with two attached hydrogens (primary N) is 1. The Kier molecular flexibility index (Phi) is 6.15. The highest BCUT2D eigenvalue weighted by Crippen LogP contribution is 2.47. The number of phenols is 1. The van der Waals surface area contributed by atoms with Gasteiger partial charge in [0, 0.05) is 23.9 Å². The summed E-state index contributed by atoms with van der Waals surface area (Å²) < 4.78 is 11.9. The van der Waals surface area contributed by atoms with Crippen molar-refractivity contribution >= 4 is 17.6 Å². The fourth-order valence-corrected chi connectivity index (χ4v) is 4.09. The maximum Gasteiger partial charge on any atom is 0.338 e. The Morgan fingerprint density at radius 1 is 1.29 bits per heavy atom. The Hall–Kier alpha value is -3.22. The number of aliphatic imine (C=N–C) groups is 1. The maximum absolute atomic E-state index is 12.7. The smallest absolute Gasteiger partial charge is 0.338 e. The van der Waals surface area contributed by atoms with Gasteiger partial charge in [-0.2, -0.15) is 0 Å². The summed E-state index contributed by atoms with van der Waals surface area (Å²) in [6, 6.07) is 5.36. The van der Waals surface area contributed by atoms with Gasteiger partial charge in [0.25, 0.3) is 0 Å². The fraction of sp³-hybridized carbons (Fsp3) is 0.417. The molecule has 0 bridgehead atoms. The molecule has 2 aromatic carbocycles. The van der Waals surface area contributed by atoms with Crippen LogP contribution in [-0.2, 0) is 16.8 Å². The summed E-state index contributed by atoms with van der Waals surface area (Å²) in [5.74, 6) is 0.958. The van der Waals surface area contributed by atoms with Gasteiger partial charge in [-0.3, -0.25) is 4.99 Å². The van der Waals surface area contributed by atoms with E-state index in [2.05, 4.69) is 10.3 Å². The summed E-state index contributed by atoms with van der Waals surface area (Å²) in [5, 5.41) is 13.5. The van der Waals surface area contributed by atoms with Crippen molar-refractivity contribution in [3.63, 3.8) is 0 Å². The lowest BCUT2D eigenvalue weighted by Gasteiger charge is -2.39. The van der Waals surface area contributed by atoms with Crippen molar-refractivity contribution in [1.82, 2.24) is 0 Å². The number of carbonyl (C=O) groups is 1. The molecule has 1 atom stereocenters. The minimum Gasteiger partial charge on any atom is -0.507 e. The van der Waals surface area contributed by atoms with E-state index in [0.717, 1.165) is 28.0 Å². The third-order valence-corrected chi connectivity index (χ3v) is 6.12. The van der Waals surface area contributed by atoms with E-state index in [1.54, 1.807) is 26.1 Å². The largest absolute Gasteiger partial charge is 0.507 e. The highest BCUT2D eigenvalue weighted by atomic mass is 16.5. The molecule has 7 heteroatoms. The highest BCUT2D eigenvalue weighted by Gasteiger charge is 2.39. The van der Waals surface area contributed by atoms with Gasteiger partial charge in [-0.25, -0.2) is 4.79 Å². The number of hydrogen-bond acceptors (Lipinski definition) is 5. The van der Waals surface area contributed by atoms with Gasteiger partial charge >= 0.3 is 5.97 Å². The number of ether oxygens (including phenoxy) is 2. The van der Waals surface area contributed by atoms with E-state index in [-0.39, 0.29) is 12.6 Å². The molecule has 31 heavy (non-hydrogen) atoms. The third-order valence-electron chi connectivity index (χ3n) is 6.12. The molecule has 0 spiro atoms. The van der Waals surface area contributed by atoms with Crippen molar-refractivity contribution < 1.29 is 19.4 Å². The molecular formula is C24H31N3O4. The lowest BCUT2D eigenvalue weighted by Crippen LogP contribution is -2.36. The number of esters is 1. The monoisotopic (exact) mass is 425 g/mol. The molecule has 2 aromatic rings. The van der Waals surface area contributed by atoms with Gasteiger partial charge in [0.2, 0.25) is 0 Å². The first-order valence-electron chi connectivity index (χ1n) is 10.4. The van der Waals surface area contributed by atoms with Gasteiger partial charge in [-0.05, 0) is 82.3 Å². The fourth-order valence-electron chi connectivity index (χ4n) is 4.09. The first-order valence-corrected chi connectivity index (χ1v) is 10.4. The van der Waals surface area contributed by atoms with E-state index >= 15 is 0 Å². The zero-order valence-corrected chi connectivity index (χ0v) is 19.0. The molecule has 0 saturated heterocycles. The number of anilines is 1. The second-order valence-electron chi connectivity index (χ2n) is 8.08. The zero-order valence-electron chi connectivity index (χ0n) is 19.0. The van der Waals surface area contributed by atoms with Crippen LogP contribution in [0.15, 0.2) is 23.2 Å². The number of aromatic hydroxyl groups is 1. The lowest BCUT2D eigenvalue weighted by molar-refractivity contribution is 0.0460. The molecule has 0 aromatic heterocycles. The van der Waals surface area contributed by atoms with Crippen molar-refractivity contribution in [1.29, 1.82) is 0 Å². The topological polar surface area (TPSA) is 106 Å². The molecule has 1 unspecified atom stereocenters. The average Bonchev–Trinajstić information content (AvgIpc) is 2.76. The molecule has 0 fully saturated rings. The predicted molar refractivity (Wildman–Crippen MR) is 122 cm³/mol. The van der Waals surface area contributed by atoms with Crippen LogP contribution in [0.1, 0.15) is 58.4 Å². The van der Waals surface area contributed by atoms with Crippen molar-refractivity contribution in [3.8, 4) is 11.5 Å². The number of carbonyl (C=O) groups excluding carboxylic acids is 1. The molecule has 7 nitrogen and oxygen atoms in total. The van der Waals surface area contributed by atoms with E-state index in [1.165, 1.54) is 0 Å². The standard InChI is InChI=1S/C24H31N3O4/c1-7-30-22(29)18-9-8-16(27-23(25)26-6)12-19(18)24(5)11-10-17-15(4)20(28)13(2)14(3)21(17)31-24/h8-9,12,28H,7,10-11H2,1-6H3,(H3,25,26,27). The Labute approximate surface area is 183 Å². The summed E-state index contributed by atoms with van der Waals surface area (Å²) in [7, 11) is 1.60. The molecule has 1 aliphatic heterocycles. The van der Waals surface area contributed by atoms with Crippen molar-refractivity contribution in [2.45, 2.75) is 53.1 Å². The van der Waals surface area contributed by atoms with Gasteiger partial charge in [-0.15, -0.1) is 0 Å². The minimum absolute atomic E-state index is 0.271. The molecule has 0 radical (unpaired) electrons. The molecule has 0 aliphatic carbocycles. The van der Waals surface area contributed by atoms with E-state index in [4.69, 9.17) is 15.2 Å². The van der Waals surface area contributed by atoms with Crippen LogP contribution >= 0.6 is 0 Å². The van der Waals surface area contributed by atoms with E-state index in [1.807, 2.05) is 33.8 Å². The Morgan fingerprint density at radius 3 is 2.65 bits per heavy atom. The molecular weight excluding hydrogens is 394 g/mol. The average molecular weight is 426 g/mol. The van der Waals surface area contributed by atoms with Gasteiger partial charge < -0.3 is 25.6 Å². The summed E-state index contributed by atoms with van der Waals surface area (Å²) >= 11 is 0. The van der Waals surface area contributed by atoms with Crippen LogP contribution in [0.25, 0.3) is 0 Å². The van der Waals surface area contributed by atoms with E-state index < -0.39 is 11.6 Å². The quantitative estimate of drug-likeness (QED) is 0.387. The molecule has 1 heterocycles. The maximum atomic E-state index is 12.7.